The fourth-order valence-electron chi connectivity index (χ4n) is 2.89. The standard InChI is InChI=1S/C21H22FN3O5S/c1-29-19-10-8-17(14-20(19)30-2)31(27,28)23-12-3-13-25-21(26)11-9-18(24-25)15-4-6-16(22)7-5-15/h4-11,14,23H,3,12-13H2,1-2H3. The van der Waals surface area contributed by atoms with Crippen molar-refractivity contribution in [3.8, 4) is 22.8 Å². The topological polar surface area (TPSA) is 99.5 Å². The lowest BCUT2D eigenvalue weighted by Crippen LogP contribution is -2.28. The summed E-state index contributed by atoms with van der Waals surface area (Å²) in [7, 11) is -0.880. The summed E-state index contributed by atoms with van der Waals surface area (Å²) in [6, 6.07) is 13.0. The summed E-state index contributed by atoms with van der Waals surface area (Å²) in [6.07, 6.45) is 0.340. The maximum absolute atomic E-state index is 13.1. The molecule has 3 aromatic rings. The van der Waals surface area contributed by atoms with Crippen molar-refractivity contribution in [3.05, 3.63) is 70.8 Å². The summed E-state index contributed by atoms with van der Waals surface area (Å²) in [5, 5.41) is 4.28. The summed E-state index contributed by atoms with van der Waals surface area (Å²) < 4.78 is 52.2. The molecular formula is C21H22FN3O5S. The first kappa shape index (κ1) is 22.4. The van der Waals surface area contributed by atoms with Crippen LogP contribution in [0.25, 0.3) is 11.3 Å². The van der Waals surface area contributed by atoms with Gasteiger partial charge >= 0.3 is 0 Å². The Balaban J connectivity index is 1.64. The second kappa shape index (κ2) is 9.71. The van der Waals surface area contributed by atoms with Crippen LogP contribution in [0.3, 0.4) is 0 Å². The highest BCUT2D eigenvalue weighted by Gasteiger charge is 2.16. The molecule has 0 atom stereocenters. The molecule has 0 fully saturated rings. The molecule has 0 aliphatic rings. The molecule has 3 rings (SSSR count). The predicted octanol–water partition coefficient (Wildman–Crippen LogP) is 2.44. The lowest BCUT2D eigenvalue weighted by atomic mass is 10.1. The minimum Gasteiger partial charge on any atom is -0.493 e. The molecule has 10 heteroatoms. The van der Waals surface area contributed by atoms with Crippen LogP contribution in [0.1, 0.15) is 6.42 Å². The zero-order valence-corrected chi connectivity index (χ0v) is 17.9. The summed E-state index contributed by atoms with van der Waals surface area (Å²) in [4.78, 5) is 12.1. The van der Waals surface area contributed by atoms with E-state index in [-0.39, 0.29) is 29.4 Å². The van der Waals surface area contributed by atoms with Gasteiger partial charge in [-0.3, -0.25) is 4.79 Å². The Morgan fingerprint density at radius 1 is 1.00 bits per heavy atom. The molecule has 0 amide bonds. The van der Waals surface area contributed by atoms with Crippen LogP contribution in [-0.4, -0.2) is 39.0 Å². The molecule has 0 bridgehead atoms. The third kappa shape index (κ3) is 5.47. The number of hydrogen-bond acceptors (Lipinski definition) is 6. The van der Waals surface area contributed by atoms with Crippen LogP contribution in [0.5, 0.6) is 11.5 Å². The van der Waals surface area contributed by atoms with E-state index in [1.165, 1.54) is 55.3 Å². The van der Waals surface area contributed by atoms with E-state index in [9.17, 15) is 17.6 Å². The quantitative estimate of drug-likeness (QED) is 0.506. The number of sulfonamides is 1. The van der Waals surface area contributed by atoms with Gasteiger partial charge in [-0.25, -0.2) is 22.2 Å². The number of nitrogens with zero attached hydrogens (tertiary/aromatic N) is 2. The molecule has 2 aromatic carbocycles. The van der Waals surface area contributed by atoms with Gasteiger partial charge in [0.15, 0.2) is 11.5 Å². The van der Waals surface area contributed by atoms with Crippen LogP contribution in [-0.2, 0) is 16.6 Å². The molecule has 0 saturated carbocycles. The molecule has 0 aliphatic heterocycles. The minimum atomic E-state index is -3.77. The normalized spacial score (nSPS) is 11.3. The Hall–Kier alpha value is -3.24. The Morgan fingerprint density at radius 2 is 1.71 bits per heavy atom. The first-order valence-electron chi connectivity index (χ1n) is 9.40. The number of benzene rings is 2. The van der Waals surface area contributed by atoms with Gasteiger partial charge in [0.05, 0.1) is 24.8 Å². The Morgan fingerprint density at radius 3 is 2.39 bits per heavy atom. The zero-order valence-electron chi connectivity index (χ0n) is 17.0. The highest BCUT2D eigenvalue weighted by atomic mass is 32.2. The Kier molecular flexibility index (Phi) is 7.03. The van der Waals surface area contributed by atoms with E-state index < -0.39 is 10.0 Å². The van der Waals surface area contributed by atoms with Crippen molar-refractivity contribution in [2.24, 2.45) is 0 Å². The SMILES string of the molecule is COc1ccc(S(=O)(=O)NCCCn2nc(-c3ccc(F)cc3)ccc2=O)cc1OC. The van der Waals surface area contributed by atoms with Gasteiger partial charge < -0.3 is 9.47 Å². The molecule has 31 heavy (non-hydrogen) atoms. The molecule has 1 N–H and O–H groups in total. The van der Waals surface area contributed by atoms with Crippen LogP contribution in [0.2, 0.25) is 0 Å². The monoisotopic (exact) mass is 447 g/mol. The van der Waals surface area contributed by atoms with Crippen LogP contribution in [0.15, 0.2) is 64.3 Å². The molecule has 0 spiro atoms. The van der Waals surface area contributed by atoms with Crippen LogP contribution >= 0.6 is 0 Å². The number of aryl methyl sites for hydroxylation is 1. The van der Waals surface area contributed by atoms with E-state index in [0.717, 1.165) is 0 Å². The van der Waals surface area contributed by atoms with E-state index in [0.29, 0.717) is 29.2 Å². The van der Waals surface area contributed by atoms with Crippen molar-refractivity contribution in [1.29, 1.82) is 0 Å². The molecule has 0 unspecified atom stereocenters. The van der Waals surface area contributed by atoms with Gasteiger partial charge in [0.2, 0.25) is 10.0 Å². The third-order valence-electron chi connectivity index (χ3n) is 4.51. The number of aromatic nitrogens is 2. The molecule has 0 saturated heterocycles. The van der Waals surface area contributed by atoms with Crippen molar-refractivity contribution in [2.45, 2.75) is 17.9 Å². The van der Waals surface area contributed by atoms with Gasteiger partial charge in [-0.15, -0.1) is 0 Å². The smallest absolute Gasteiger partial charge is 0.266 e. The number of nitrogens with one attached hydrogen (secondary N) is 1. The highest BCUT2D eigenvalue weighted by Crippen LogP contribution is 2.29. The van der Waals surface area contributed by atoms with Crippen LogP contribution < -0.4 is 19.8 Å². The Labute approximate surface area is 179 Å². The van der Waals surface area contributed by atoms with Crippen molar-refractivity contribution in [2.75, 3.05) is 20.8 Å². The number of rotatable bonds is 9. The Bertz CT molecular complexity index is 1210. The largest absolute Gasteiger partial charge is 0.493 e. The van der Waals surface area contributed by atoms with Crippen molar-refractivity contribution in [1.82, 2.24) is 14.5 Å². The summed E-state index contributed by atoms with van der Waals surface area (Å²) in [6.45, 7) is 0.313. The van der Waals surface area contributed by atoms with Crippen LogP contribution in [0, 0.1) is 5.82 Å². The second-order valence-electron chi connectivity index (χ2n) is 6.55. The maximum atomic E-state index is 13.1. The van der Waals surface area contributed by atoms with E-state index in [1.54, 1.807) is 18.2 Å². The van der Waals surface area contributed by atoms with Gasteiger partial charge in [-0.05, 0) is 48.9 Å². The van der Waals surface area contributed by atoms with Crippen molar-refractivity contribution < 1.29 is 22.3 Å². The molecule has 1 aromatic heterocycles. The number of hydrogen-bond donors (Lipinski definition) is 1. The van der Waals surface area contributed by atoms with Crippen molar-refractivity contribution >= 4 is 10.0 Å². The zero-order chi connectivity index (χ0) is 22.4. The average molecular weight is 447 g/mol. The highest BCUT2D eigenvalue weighted by molar-refractivity contribution is 7.89. The fourth-order valence-corrected chi connectivity index (χ4v) is 3.98. The average Bonchev–Trinajstić information content (AvgIpc) is 2.77. The first-order valence-corrected chi connectivity index (χ1v) is 10.9. The first-order chi connectivity index (χ1) is 14.8. The maximum Gasteiger partial charge on any atom is 0.266 e. The van der Waals surface area contributed by atoms with Gasteiger partial charge in [0, 0.05) is 30.8 Å². The predicted molar refractivity (Wildman–Crippen MR) is 113 cm³/mol. The van der Waals surface area contributed by atoms with E-state index in [4.69, 9.17) is 9.47 Å². The van der Waals surface area contributed by atoms with Crippen molar-refractivity contribution in [3.63, 3.8) is 0 Å². The molecule has 0 aliphatic carbocycles. The van der Waals surface area contributed by atoms with Gasteiger partial charge in [0.25, 0.3) is 5.56 Å². The molecule has 0 radical (unpaired) electrons. The molecule has 164 valence electrons. The third-order valence-corrected chi connectivity index (χ3v) is 5.97. The lowest BCUT2D eigenvalue weighted by Gasteiger charge is -2.11. The summed E-state index contributed by atoms with van der Waals surface area (Å²) in [5.41, 5.74) is 0.878. The molecule has 8 nitrogen and oxygen atoms in total. The number of halogens is 1. The summed E-state index contributed by atoms with van der Waals surface area (Å²) in [5.74, 6) is 0.366. The molecular weight excluding hydrogens is 425 g/mol. The van der Waals surface area contributed by atoms with Gasteiger partial charge in [-0.2, -0.15) is 5.10 Å². The fraction of sp³-hybridized carbons (Fsp3) is 0.238. The summed E-state index contributed by atoms with van der Waals surface area (Å²) >= 11 is 0. The van der Waals surface area contributed by atoms with E-state index in [2.05, 4.69) is 9.82 Å². The second-order valence-corrected chi connectivity index (χ2v) is 8.32. The van der Waals surface area contributed by atoms with E-state index >= 15 is 0 Å². The van der Waals surface area contributed by atoms with E-state index in [1.807, 2.05) is 0 Å². The minimum absolute atomic E-state index is 0.0405. The lowest BCUT2D eigenvalue weighted by molar-refractivity contribution is 0.354. The van der Waals surface area contributed by atoms with Gasteiger partial charge in [-0.1, -0.05) is 0 Å². The van der Waals surface area contributed by atoms with Gasteiger partial charge in [0.1, 0.15) is 5.82 Å². The molecule has 1 heterocycles. The number of methoxy groups -OCH3 is 2. The van der Waals surface area contributed by atoms with Crippen LogP contribution in [0.4, 0.5) is 4.39 Å². The number of ether oxygens (including phenoxy) is 2.